The first-order valence-electron chi connectivity index (χ1n) is 8.14. The van der Waals surface area contributed by atoms with E-state index in [2.05, 4.69) is 0 Å². The second-order valence-electron chi connectivity index (χ2n) is 5.30. The third-order valence-corrected chi connectivity index (χ3v) is 4.72. The molecule has 0 amide bonds. The summed E-state index contributed by atoms with van der Waals surface area (Å²) in [6.45, 7) is 4.00. The average Bonchev–Trinajstić information content (AvgIpc) is 3.41. The summed E-state index contributed by atoms with van der Waals surface area (Å²) >= 11 is 1.76. The Morgan fingerprint density at radius 1 is 1.16 bits per heavy atom. The van der Waals surface area contributed by atoms with Crippen LogP contribution in [0, 0.1) is 11.6 Å². The smallest absolute Gasteiger partial charge is 0.349 e. The Morgan fingerprint density at radius 3 is 2.32 bits per heavy atom. The number of carboxylic acids is 1. The summed E-state index contributed by atoms with van der Waals surface area (Å²) in [5.41, 5.74) is 0.404. The molecule has 0 spiro atoms. The summed E-state index contributed by atoms with van der Waals surface area (Å²) in [5.74, 6) is -3.22. The first kappa shape index (κ1) is 19.2. The summed E-state index contributed by atoms with van der Waals surface area (Å²) in [5, 5.41) is 9.98. The molecule has 1 unspecified atom stereocenters. The van der Waals surface area contributed by atoms with Crippen molar-refractivity contribution in [1.29, 1.82) is 0 Å². The third kappa shape index (κ3) is 5.46. The van der Waals surface area contributed by atoms with Crippen LogP contribution in [-0.4, -0.2) is 16.3 Å². The second kappa shape index (κ2) is 8.85. The number of hydrogen-bond donors (Lipinski definition) is 1. The zero-order valence-corrected chi connectivity index (χ0v) is 14.9. The lowest BCUT2D eigenvalue weighted by molar-refractivity contribution is -0.145. The van der Waals surface area contributed by atoms with E-state index in [0.29, 0.717) is 16.9 Å². The number of hydrogen-bond acceptors (Lipinski definition) is 3. The van der Waals surface area contributed by atoms with E-state index >= 15 is 0 Å². The molecule has 1 saturated carbocycles. The lowest BCUT2D eigenvalue weighted by Gasteiger charge is -2.16. The molecule has 3 rings (SSSR count). The van der Waals surface area contributed by atoms with Gasteiger partial charge in [0.1, 0.15) is 5.82 Å². The summed E-state index contributed by atoms with van der Waals surface area (Å²) < 4.78 is 31.8. The zero-order chi connectivity index (χ0) is 18.4. The molecule has 1 aliphatic rings. The largest absolute Gasteiger partial charge is 0.478 e. The Morgan fingerprint density at radius 2 is 1.80 bits per heavy atom. The minimum atomic E-state index is -1.35. The molecular formula is C19H20F2O3S. The van der Waals surface area contributed by atoms with Crippen LogP contribution in [0.2, 0.25) is 0 Å². The van der Waals surface area contributed by atoms with E-state index in [9.17, 15) is 18.7 Å². The van der Waals surface area contributed by atoms with E-state index in [0.717, 1.165) is 17.0 Å². The minimum absolute atomic E-state index is 0.296. The van der Waals surface area contributed by atoms with Crippen molar-refractivity contribution in [2.45, 2.75) is 42.9 Å². The molecule has 0 saturated heterocycles. The maximum atomic E-state index is 13.6. The number of aliphatic carboxylic acids is 1. The van der Waals surface area contributed by atoms with E-state index in [1.54, 1.807) is 23.9 Å². The highest BCUT2D eigenvalue weighted by Crippen LogP contribution is 2.39. The van der Waals surface area contributed by atoms with Crippen LogP contribution in [0.15, 0.2) is 47.4 Å². The van der Waals surface area contributed by atoms with E-state index in [1.165, 1.54) is 12.8 Å². The second-order valence-corrected chi connectivity index (χ2v) is 6.67. The Labute approximate surface area is 150 Å². The fraction of sp³-hybridized carbons (Fsp3) is 0.316. The van der Waals surface area contributed by atoms with E-state index in [4.69, 9.17) is 4.74 Å². The normalized spacial score (nSPS) is 14.2. The summed E-state index contributed by atoms with van der Waals surface area (Å²) in [4.78, 5) is 12.5. The molecule has 1 atom stereocenters. The molecule has 1 N–H and O–H groups in total. The van der Waals surface area contributed by atoms with Crippen molar-refractivity contribution in [1.82, 2.24) is 0 Å². The predicted octanol–water partition coefficient (Wildman–Crippen LogP) is 5.45. The standard InChI is InChI=1S/C17H14F2O3S.C2H6/c18-11-3-8-15(14(19)9-11)22-16(17(20)21)10-1-4-12(5-2-10)23-13-6-7-13;1-2/h1-5,8-9,13,16H,6-7H2,(H,20,21);1-2H3. The number of benzene rings is 2. The van der Waals surface area contributed by atoms with Gasteiger partial charge in [0.05, 0.1) is 0 Å². The predicted molar refractivity (Wildman–Crippen MR) is 94.0 cm³/mol. The van der Waals surface area contributed by atoms with Gasteiger partial charge in [0, 0.05) is 21.8 Å². The SMILES string of the molecule is CC.O=C(O)C(Oc1ccc(F)cc1F)c1ccc(SC2CC2)cc1. The maximum absolute atomic E-state index is 13.6. The summed E-state index contributed by atoms with van der Waals surface area (Å²) in [7, 11) is 0. The molecule has 6 heteroatoms. The van der Waals surface area contributed by atoms with Crippen LogP contribution >= 0.6 is 11.8 Å². The minimum Gasteiger partial charge on any atom is -0.478 e. The molecule has 0 heterocycles. The number of thioether (sulfide) groups is 1. The highest BCUT2D eigenvalue weighted by Gasteiger charge is 2.25. The Bertz CT molecular complexity index is 715. The summed E-state index contributed by atoms with van der Waals surface area (Å²) in [6.07, 6.45) is 1.06. The molecule has 1 aliphatic carbocycles. The van der Waals surface area contributed by atoms with Gasteiger partial charge in [0.15, 0.2) is 11.6 Å². The Hall–Kier alpha value is -2.08. The quantitative estimate of drug-likeness (QED) is 0.738. The molecule has 2 aromatic carbocycles. The van der Waals surface area contributed by atoms with E-state index in [-0.39, 0.29) is 5.75 Å². The number of ether oxygens (including phenoxy) is 1. The number of carbonyl (C=O) groups is 1. The van der Waals surface area contributed by atoms with E-state index < -0.39 is 23.7 Å². The van der Waals surface area contributed by atoms with E-state index in [1.807, 2.05) is 26.0 Å². The molecule has 134 valence electrons. The van der Waals surface area contributed by atoms with Crippen LogP contribution in [0.4, 0.5) is 8.78 Å². The van der Waals surface area contributed by atoms with Crippen LogP contribution < -0.4 is 4.74 Å². The zero-order valence-electron chi connectivity index (χ0n) is 14.0. The van der Waals surface area contributed by atoms with Crippen molar-refractivity contribution in [2.75, 3.05) is 0 Å². The Balaban J connectivity index is 0.00000109. The Kier molecular flexibility index (Phi) is 6.82. The lowest BCUT2D eigenvalue weighted by Crippen LogP contribution is -2.18. The van der Waals surface area contributed by atoms with Gasteiger partial charge in [-0.1, -0.05) is 26.0 Å². The molecular weight excluding hydrogens is 346 g/mol. The topological polar surface area (TPSA) is 46.5 Å². The first-order valence-corrected chi connectivity index (χ1v) is 9.02. The third-order valence-electron chi connectivity index (χ3n) is 3.37. The molecule has 25 heavy (non-hydrogen) atoms. The van der Waals surface area contributed by atoms with Crippen LogP contribution in [0.3, 0.4) is 0 Å². The van der Waals surface area contributed by atoms with Crippen molar-refractivity contribution in [2.24, 2.45) is 0 Å². The van der Waals surface area contributed by atoms with Crippen LogP contribution in [-0.2, 0) is 4.79 Å². The average molecular weight is 366 g/mol. The van der Waals surface area contributed by atoms with Gasteiger partial charge in [0.2, 0.25) is 6.10 Å². The number of carboxylic acid groups (broad SMARTS) is 1. The van der Waals surface area contributed by atoms with Gasteiger partial charge in [0.25, 0.3) is 0 Å². The monoisotopic (exact) mass is 366 g/mol. The van der Waals surface area contributed by atoms with Crippen molar-refractivity contribution < 1.29 is 23.4 Å². The van der Waals surface area contributed by atoms with Gasteiger partial charge < -0.3 is 9.84 Å². The van der Waals surface area contributed by atoms with Crippen molar-refractivity contribution >= 4 is 17.7 Å². The lowest BCUT2D eigenvalue weighted by atomic mass is 10.1. The molecule has 1 fully saturated rings. The van der Waals surface area contributed by atoms with Crippen molar-refractivity contribution in [3.05, 3.63) is 59.7 Å². The van der Waals surface area contributed by atoms with Gasteiger partial charge >= 0.3 is 5.97 Å². The first-order chi connectivity index (χ1) is 12.0. The number of halogens is 2. The van der Waals surface area contributed by atoms with Crippen LogP contribution in [0.5, 0.6) is 5.75 Å². The van der Waals surface area contributed by atoms with Crippen LogP contribution in [0.1, 0.15) is 38.4 Å². The number of rotatable bonds is 6. The van der Waals surface area contributed by atoms with Gasteiger partial charge in [-0.25, -0.2) is 13.6 Å². The molecule has 0 bridgehead atoms. The van der Waals surface area contributed by atoms with Gasteiger partial charge in [-0.3, -0.25) is 0 Å². The molecule has 0 aromatic heterocycles. The van der Waals surface area contributed by atoms with Gasteiger partial charge in [-0.05, 0) is 37.1 Å². The fourth-order valence-corrected chi connectivity index (χ4v) is 3.11. The highest BCUT2D eigenvalue weighted by molar-refractivity contribution is 8.00. The van der Waals surface area contributed by atoms with Crippen molar-refractivity contribution in [3.8, 4) is 5.75 Å². The van der Waals surface area contributed by atoms with Gasteiger partial charge in [-0.2, -0.15) is 0 Å². The van der Waals surface area contributed by atoms with Crippen molar-refractivity contribution in [3.63, 3.8) is 0 Å². The van der Waals surface area contributed by atoms with Gasteiger partial charge in [-0.15, -0.1) is 11.8 Å². The molecule has 0 radical (unpaired) electrons. The molecule has 0 aliphatic heterocycles. The highest BCUT2D eigenvalue weighted by atomic mass is 32.2. The summed E-state index contributed by atoms with van der Waals surface area (Å²) in [6, 6.07) is 9.74. The van der Waals surface area contributed by atoms with Crippen LogP contribution in [0.25, 0.3) is 0 Å². The molecule has 3 nitrogen and oxygen atoms in total. The fourth-order valence-electron chi connectivity index (χ4n) is 2.06. The maximum Gasteiger partial charge on any atom is 0.349 e. The molecule has 2 aromatic rings.